The largest absolute Gasteiger partial charge is 0.459 e. The highest BCUT2D eigenvalue weighted by molar-refractivity contribution is 7.97. The molecule has 12 heavy (non-hydrogen) atoms. The molecule has 0 aromatic heterocycles. The zero-order chi connectivity index (χ0) is 9.40. The van der Waals surface area contributed by atoms with E-state index in [9.17, 15) is 9.59 Å². The molecular formula is C6H12N2O3S. The highest BCUT2D eigenvalue weighted by Gasteiger charge is 2.12. The molecule has 0 radical (unpaired) electrons. The van der Waals surface area contributed by atoms with Crippen molar-refractivity contribution >= 4 is 23.8 Å². The third kappa shape index (κ3) is 4.97. The van der Waals surface area contributed by atoms with E-state index in [4.69, 9.17) is 5.14 Å². The highest BCUT2D eigenvalue weighted by Crippen LogP contribution is 1.82. The molecule has 70 valence electrons. The van der Waals surface area contributed by atoms with Crippen LogP contribution in [0, 0.1) is 0 Å². The van der Waals surface area contributed by atoms with Crippen LogP contribution in [0.2, 0.25) is 0 Å². The Morgan fingerprint density at radius 3 is 2.75 bits per heavy atom. The van der Waals surface area contributed by atoms with Crippen molar-refractivity contribution < 1.29 is 14.3 Å². The fraction of sp³-hybridized carbons (Fsp3) is 0.667. The fourth-order valence-electron chi connectivity index (χ4n) is 0.492. The maximum absolute atomic E-state index is 10.8. The van der Waals surface area contributed by atoms with Crippen LogP contribution in [0.5, 0.6) is 0 Å². The van der Waals surface area contributed by atoms with Crippen LogP contribution in [0.4, 0.5) is 0 Å². The Morgan fingerprint density at radius 2 is 2.25 bits per heavy atom. The van der Waals surface area contributed by atoms with Gasteiger partial charge in [0, 0.05) is 12.3 Å². The lowest BCUT2D eigenvalue weighted by molar-refractivity contribution is -0.154. The van der Waals surface area contributed by atoms with E-state index in [0.717, 1.165) is 11.9 Å². The normalized spacial score (nSPS) is 9.17. The summed E-state index contributed by atoms with van der Waals surface area (Å²) in [4.78, 5) is 21.4. The number of carbonyl (C=O) groups excluding carboxylic acids is 2. The third-order valence-electron chi connectivity index (χ3n) is 0.966. The molecule has 0 saturated heterocycles. The van der Waals surface area contributed by atoms with Gasteiger partial charge in [0.2, 0.25) is 0 Å². The lowest BCUT2D eigenvalue weighted by Crippen LogP contribution is -2.34. The first-order valence-corrected chi connectivity index (χ1v) is 4.53. The number of hydrogen-bond donors (Lipinski definition) is 2. The average Bonchev–Trinajstić information content (AvgIpc) is 2.05. The van der Waals surface area contributed by atoms with E-state index in [0.29, 0.717) is 12.3 Å². The van der Waals surface area contributed by atoms with Crippen LogP contribution in [-0.2, 0) is 14.3 Å². The van der Waals surface area contributed by atoms with E-state index >= 15 is 0 Å². The van der Waals surface area contributed by atoms with Gasteiger partial charge < -0.3 is 10.1 Å². The predicted molar refractivity (Wildman–Crippen MR) is 46.3 cm³/mol. The fourth-order valence-corrected chi connectivity index (χ4v) is 0.712. The van der Waals surface area contributed by atoms with Crippen molar-refractivity contribution in [2.24, 2.45) is 5.14 Å². The second kappa shape index (κ2) is 6.93. The van der Waals surface area contributed by atoms with Crippen molar-refractivity contribution in [1.29, 1.82) is 0 Å². The van der Waals surface area contributed by atoms with Crippen LogP contribution in [0.25, 0.3) is 0 Å². The summed E-state index contributed by atoms with van der Waals surface area (Å²) < 4.78 is 4.45. The molecule has 0 aliphatic rings. The predicted octanol–water partition coefficient (Wildman–Crippen LogP) is -0.727. The van der Waals surface area contributed by atoms with Crippen molar-refractivity contribution in [1.82, 2.24) is 5.32 Å². The molecule has 0 rings (SSSR count). The molecule has 0 aromatic rings. The molecule has 0 unspecified atom stereocenters. The van der Waals surface area contributed by atoms with Crippen LogP contribution < -0.4 is 10.5 Å². The second-order valence-corrected chi connectivity index (χ2v) is 2.59. The molecule has 0 atom stereocenters. The van der Waals surface area contributed by atoms with E-state index in [1.54, 1.807) is 6.92 Å². The van der Waals surface area contributed by atoms with E-state index in [2.05, 4.69) is 10.1 Å². The molecule has 1 amide bonds. The van der Waals surface area contributed by atoms with Gasteiger partial charge in [-0.15, -0.1) is 0 Å². The lowest BCUT2D eigenvalue weighted by Gasteiger charge is -2.02. The lowest BCUT2D eigenvalue weighted by atomic mass is 10.6. The van der Waals surface area contributed by atoms with Gasteiger partial charge in [0.15, 0.2) is 0 Å². The quantitative estimate of drug-likeness (QED) is 0.266. The van der Waals surface area contributed by atoms with Gasteiger partial charge in [-0.05, 0) is 6.92 Å². The monoisotopic (exact) mass is 192 g/mol. The standard InChI is InChI=1S/C6H12N2O3S/c1-2-11-6(10)5(9)8-3-4-12-7/h2-4,7H2,1H3,(H,8,9). The van der Waals surface area contributed by atoms with Crippen molar-refractivity contribution in [2.75, 3.05) is 18.9 Å². The van der Waals surface area contributed by atoms with Crippen LogP contribution in [0.15, 0.2) is 0 Å². The Bertz CT molecular complexity index is 163. The van der Waals surface area contributed by atoms with E-state index in [-0.39, 0.29) is 6.61 Å². The Hall–Kier alpha value is -0.750. The number of amides is 1. The molecule has 0 spiro atoms. The van der Waals surface area contributed by atoms with Crippen LogP contribution >= 0.6 is 11.9 Å². The maximum Gasteiger partial charge on any atom is 0.396 e. The van der Waals surface area contributed by atoms with Crippen molar-refractivity contribution in [2.45, 2.75) is 6.92 Å². The van der Waals surface area contributed by atoms with Crippen molar-refractivity contribution in [3.05, 3.63) is 0 Å². The summed E-state index contributed by atoms with van der Waals surface area (Å²) in [5.74, 6) is -0.990. The first kappa shape index (κ1) is 11.2. The van der Waals surface area contributed by atoms with E-state index in [1.807, 2.05) is 0 Å². The number of nitrogens with one attached hydrogen (secondary N) is 1. The minimum atomic E-state index is -0.848. The number of hydrogen-bond acceptors (Lipinski definition) is 5. The Balaban J connectivity index is 3.50. The molecule has 0 fully saturated rings. The van der Waals surface area contributed by atoms with Gasteiger partial charge in [-0.25, -0.2) is 4.79 Å². The molecule has 5 nitrogen and oxygen atoms in total. The average molecular weight is 192 g/mol. The summed E-state index contributed by atoms with van der Waals surface area (Å²) in [6.45, 7) is 2.22. The van der Waals surface area contributed by atoms with Gasteiger partial charge in [-0.3, -0.25) is 9.93 Å². The van der Waals surface area contributed by atoms with Gasteiger partial charge in [-0.1, -0.05) is 11.9 Å². The Morgan fingerprint density at radius 1 is 1.58 bits per heavy atom. The van der Waals surface area contributed by atoms with Crippen molar-refractivity contribution in [3.63, 3.8) is 0 Å². The minimum absolute atomic E-state index is 0.206. The first-order chi connectivity index (χ1) is 5.72. The number of nitrogens with two attached hydrogens (primary N) is 1. The van der Waals surface area contributed by atoms with Crippen LogP contribution in [-0.4, -0.2) is 30.8 Å². The SMILES string of the molecule is CCOC(=O)C(=O)NCCSN. The number of carbonyl (C=O) groups is 2. The number of esters is 1. The van der Waals surface area contributed by atoms with Gasteiger partial charge in [-0.2, -0.15) is 0 Å². The van der Waals surface area contributed by atoms with E-state index < -0.39 is 11.9 Å². The molecule has 0 aliphatic carbocycles. The topological polar surface area (TPSA) is 81.4 Å². The molecule has 0 aliphatic heterocycles. The smallest absolute Gasteiger partial charge is 0.396 e. The zero-order valence-electron chi connectivity index (χ0n) is 6.83. The molecule has 0 bridgehead atoms. The first-order valence-electron chi connectivity index (χ1n) is 3.49. The zero-order valence-corrected chi connectivity index (χ0v) is 7.65. The van der Waals surface area contributed by atoms with Gasteiger partial charge in [0.25, 0.3) is 0 Å². The van der Waals surface area contributed by atoms with Gasteiger partial charge in [0.05, 0.1) is 6.61 Å². The number of ether oxygens (including phenoxy) is 1. The second-order valence-electron chi connectivity index (χ2n) is 1.85. The van der Waals surface area contributed by atoms with Gasteiger partial charge in [0.1, 0.15) is 0 Å². The van der Waals surface area contributed by atoms with E-state index in [1.165, 1.54) is 0 Å². The summed E-state index contributed by atoms with van der Waals surface area (Å²) in [7, 11) is 0. The minimum Gasteiger partial charge on any atom is -0.459 e. The molecular weight excluding hydrogens is 180 g/mol. The summed E-state index contributed by atoms with van der Waals surface area (Å²) in [5.41, 5.74) is 0. The maximum atomic E-state index is 10.8. The molecule has 6 heteroatoms. The summed E-state index contributed by atoms with van der Waals surface area (Å²) >= 11 is 1.10. The van der Waals surface area contributed by atoms with Crippen LogP contribution in [0.1, 0.15) is 6.92 Å². The van der Waals surface area contributed by atoms with Crippen molar-refractivity contribution in [3.8, 4) is 0 Å². The Labute approximate surface area is 75.1 Å². The van der Waals surface area contributed by atoms with Gasteiger partial charge >= 0.3 is 11.9 Å². The summed E-state index contributed by atoms with van der Waals surface area (Å²) in [5, 5.41) is 7.45. The van der Waals surface area contributed by atoms with Crippen LogP contribution in [0.3, 0.4) is 0 Å². The molecule has 3 N–H and O–H groups in total. The summed E-state index contributed by atoms with van der Waals surface area (Å²) in [6.07, 6.45) is 0. The Kier molecular flexibility index (Phi) is 6.50. The molecule has 0 heterocycles. The third-order valence-corrected chi connectivity index (χ3v) is 1.41. The summed E-state index contributed by atoms with van der Waals surface area (Å²) in [6, 6.07) is 0. The number of rotatable bonds is 4. The molecule has 0 saturated carbocycles. The molecule has 0 aromatic carbocycles. The highest BCUT2D eigenvalue weighted by atomic mass is 32.2.